The average molecular weight is 250 g/mol. The first-order valence-electron chi connectivity index (χ1n) is 6.25. The first-order chi connectivity index (χ1) is 8.51. The molecule has 0 radical (unpaired) electrons. The Hall–Kier alpha value is -1.71. The molecule has 2 N–H and O–H groups in total. The molecule has 0 unspecified atom stereocenters. The van der Waals surface area contributed by atoms with E-state index in [1.165, 1.54) is 0 Å². The molecule has 0 aliphatic heterocycles. The number of nitrogen functional groups attached to an aromatic ring is 1. The Morgan fingerprint density at radius 3 is 2.56 bits per heavy atom. The summed E-state index contributed by atoms with van der Waals surface area (Å²) in [5.74, 6) is 0.641. The summed E-state index contributed by atoms with van der Waals surface area (Å²) in [5, 5.41) is 0. The maximum Gasteiger partial charge on any atom is 0.256 e. The number of nitrogens with two attached hydrogens (primary N) is 1. The van der Waals surface area contributed by atoms with E-state index in [4.69, 9.17) is 10.5 Å². The molecule has 0 fully saturated rings. The molecule has 0 spiro atoms. The van der Waals surface area contributed by atoms with Gasteiger partial charge in [-0.1, -0.05) is 6.92 Å². The summed E-state index contributed by atoms with van der Waals surface area (Å²) in [6.07, 6.45) is 0.931. The fraction of sp³-hybridized carbons (Fsp3) is 0.500. The lowest BCUT2D eigenvalue weighted by atomic mass is 10.1. The van der Waals surface area contributed by atoms with E-state index in [-0.39, 0.29) is 11.9 Å². The first kappa shape index (κ1) is 14.4. The fourth-order valence-corrected chi connectivity index (χ4v) is 1.85. The van der Waals surface area contributed by atoms with Crippen molar-refractivity contribution in [1.29, 1.82) is 0 Å². The molecule has 1 aromatic carbocycles. The Balaban J connectivity index is 3.01. The zero-order valence-electron chi connectivity index (χ0n) is 11.6. The number of methoxy groups -OCH3 is 1. The number of hydrogen-bond donors (Lipinski definition) is 1. The van der Waals surface area contributed by atoms with Gasteiger partial charge < -0.3 is 15.4 Å². The molecule has 100 valence electrons. The number of ether oxygens (including phenoxy) is 1. The molecule has 0 heterocycles. The summed E-state index contributed by atoms with van der Waals surface area (Å²) in [4.78, 5) is 14.2. The van der Waals surface area contributed by atoms with Crippen molar-refractivity contribution in [2.24, 2.45) is 0 Å². The highest BCUT2D eigenvalue weighted by Crippen LogP contribution is 2.21. The molecule has 0 bridgehead atoms. The third-order valence-corrected chi connectivity index (χ3v) is 2.84. The van der Waals surface area contributed by atoms with Gasteiger partial charge in [-0.15, -0.1) is 0 Å². The van der Waals surface area contributed by atoms with Crippen LogP contribution >= 0.6 is 0 Å². The Morgan fingerprint density at radius 1 is 1.44 bits per heavy atom. The van der Waals surface area contributed by atoms with Crippen LogP contribution in [0.5, 0.6) is 5.75 Å². The van der Waals surface area contributed by atoms with E-state index in [0.717, 1.165) is 13.0 Å². The van der Waals surface area contributed by atoms with E-state index in [2.05, 4.69) is 6.92 Å². The Bertz CT molecular complexity index is 416. The summed E-state index contributed by atoms with van der Waals surface area (Å²) in [7, 11) is 1.58. The first-order valence-corrected chi connectivity index (χ1v) is 6.25. The van der Waals surface area contributed by atoms with Crippen LogP contribution < -0.4 is 10.5 Å². The predicted octanol–water partition coefficient (Wildman–Crippen LogP) is 2.54. The van der Waals surface area contributed by atoms with Crippen LogP contribution in [0.15, 0.2) is 18.2 Å². The third-order valence-electron chi connectivity index (χ3n) is 2.84. The molecule has 0 aromatic heterocycles. The molecule has 4 heteroatoms. The lowest BCUT2D eigenvalue weighted by Crippen LogP contribution is -2.37. The normalized spacial score (nSPS) is 10.5. The largest absolute Gasteiger partial charge is 0.497 e. The van der Waals surface area contributed by atoms with E-state index in [1.807, 2.05) is 18.7 Å². The number of hydrogen-bond acceptors (Lipinski definition) is 3. The topological polar surface area (TPSA) is 55.6 Å². The quantitative estimate of drug-likeness (QED) is 0.817. The van der Waals surface area contributed by atoms with Crippen LogP contribution in [0.2, 0.25) is 0 Å². The van der Waals surface area contributed by atoms with E-state index in [9.17, 15) is 4.79 Å². The predicted molar refractivity (Wildman–Crippen MR) is 73.9 cm³/mol. The van der Waals surface area contributed by atoms with Crippen molar-refractivity contribution in [3.8, 4) is 5.75 Å². The number of nitrogens with zero attached hydrogens (tertiary/aromatic N) is 1. The molecule has 1 aromatic rings. The van der Waals surface area contributed by atoms with Gasteiger partial charge in [-0.25, -0.2) is 0 Å². The molecule has 0 saturated carbocycles. The van der Waals surface area contributed by atoms with Crippen LogP contribution in [0, 0.1) is 0 Å². The SMILES string of the molecule is CCCN(C(=O)c1ccc(OC)cc1N)C(C)C. The van der Waals surface area contributed by atoms with Crippen LogP contribution in [0.4, 0.5) is 5.69 Å². The van der Waals surface area contributed by atoms with Gasteiger partial charge in [-0.2, -0.15) is 0 Å². The maximum atomic E-state index is 12.4. The summed E-state index contributed by atoms with van der Waals surface area (Å²) in [6, 6.07) is 5.33. The van der Waals surface area contributed by atoms with Crippen molar-refractivity contribution in [2.45, 2.75) is 33.2 Å². The van der Waals surface area contributed by atoms with Crippen LogP contribution in [0.1, 0.15) is 37.6 Å². The zero-order valence-corrected chi connectivity index (χ0v) is 11.6. The molecular formula is C14H22N2O2. The van der Waals surface area contributed by atoms with E-state index >= 15 is 0 Å². The lowest BCUT2D eigenvalue weighted by Gasteiger charge is -2.27. The van der Waals surface area contributed by atoms with E-state index in [0.29, 0.717) is 17.0 Å². The molecule has 0 atom stereocenters. The standard InChI is InChI=1S/C14H22N2O2/c1-5-8-16(10(2)3)14(17)12-7-6-11(18-4)9-13(12)15/h6-7,9-10H,5,8,15H2,1-4H3. The van der Waals surface area contributed by atoms with E-state index in [1.54, 1.807) is 25.3 Å². The third kappa shape index (κ3) is 3.15. The van der Waals surface area contributed by atoms with Crippen LogP contribution in [0.3, 0.4) is 0 Å². The van der Waals surface area contributed by atoms with Gasteiger partial charge in [0.1, 0.15) is 5.75 Å². The minimum Gasteiger partial charge on any atom is -0.497 e. The summed E-state index contributed by atoms with van der Waals surface area (Å²) < 4.78 is 5.08. The van der Waals surface area contributed by atoms with Gasteiger partial charge in [0, 0.05) is 24.3 Å². The Labute approximate surface area is 109 Å². The number of benzene rings is 1. The van der Waals surface area contributed by atoms with Gasteiger partial charge in [-0.3, -0.25) is 4.79 Å². The molecule has 0 aliphatic rings. The minimum atomic E-state index is -0.0213. The summed E-state index contributed by atoms with van der Waals surface area (Å²) >= 11 is 0. The number of anilines is 1. The molecular weight excluding hydrogens is 228 g/mol. The van der Waals surface area contributed by atoms with Crippen LogP contribution in [-0.4, -0.2) is 30.5 Å². The van der Waals surface area contributed by atoms with Crippen molar-refractivity contribution in [3.05, 3.63) is 23.8 Å². The average Bonchev–Trinajstić information content (AvgIpc) is 2.34. The highest BCUT2D eigenvalue weighted by Gasteiger charge is 2.20. The second-order valence-electron chi connectivity index (χ2n) is 4.55. The zero-order chi connectivity index (χ0) is 13.7. The fourth-order valence-electron chi connectivity index (χ4n) is 1.85. The van der Waals surface area contributed by atoms with Crippen molar-refractivity contribution in [3.63, 3.8) is 0 Å². The molecule has 18 heavy (non-hydrogen) atoms. The summed E-state index contributed by atoms with van der Waals surface area (Å²) in [5.41, 5.74) is 6.90. The molecule has 0 saturated heterocycles. The molecule has 0 aliphatic carbocycles. The molecule has 1 rings (SSSR count). The van der Waals surface area contributed by atoms with Crippen LogP contribution in [0.25, 0.3) is 0 Å². The number of carbonyl (C=O) groups is 1. The smallest absolute Gasteiger partial charge is 0.256 e. The highest BCUT2D eigenvalue weighted by atomic mass is 16.5. The van der Waals surface area contributed by atoms with Gasteiger partial charge in [-0.05, 0) is 32.4 Å². The van der Waals surface area contributed by atoms with E-state index < -0.39 is 0 Å². The van der Waals surface area contributed by atoms with Crippen molar-refractivity contribution in [2.75, 3.05) is 19.4 Å². The lowest BCUT2D eigenvalue weighted by molar-refractivity contribution is 0.0707. The van der Waals surface area contributed by atoms with Crippen LogP contribution in [-0.2, 0) is 0 Å². The monoisotopic (exact) mass is 250 g/mol. The van der Waals surface area contributed by atoms with Gasteiger partial charge in [0.15, 0.2) is 0 Å². The Morgan fingerprint density at radius 2 is 2.11 bits per heavy atom. The second kappa shape index (κ2) is 6.28. The minimum absolute atomic E-state index is 0.0213. The molecule has 1 amide bonds. The Kier molecular flexibility index (Phi) is 5.01. The maximum absolute atomic E-state index is 12.4. The number of rotatable bonds is 5. The molecule has 4 nitrogen and oxygen atoms in total. The van der Waals surface area contributed by atoms with Gasteiger partial charge in [0.25, 0.3) is 5.91 Å². The highest BCUT2D eigenvalue weighted by molar-refractivity contribution is 5.99. The van der Waals surface area contributed by atoms with Crippen molar-refractivity contribution >= 4 is 11.6 Å². The second-order valence-corrected chi connectivity index (χ2v) is 4.55. The number of amides is 1. The summed E-state index contributed by atoms with van der Waals surface area (Å²) in [6.45, 7) is 6.81. The van der Waals surface area contributed by atoms with Gasteiger partial charge in [0.2, 0.25) is 0 Å². The van der Waals surface area contributed by atoms with Crippen molar-refractivity contribution < 1.29 is 9.53 Å². The van der Waals surface area contributed by atoms with Gasteiger partial charge in [0.05, 0.1) is 12.7 Å². The van der Waals surface area contributed by atoms with Gasteiger partial charge >= 0.3 is 0 Å². The van der Waals surface area contributed by atoms with Crippen molar-refractivity contribution in [1.82, 2.24) is 4.90 Å². The number of carbonyl (C=O) groups excluding carboxylic acids is 1.